The second-order valence-corrected chi connectivity index (χ2v) is 8.78. The van der Waals surface area contributed by atoms with E-state index < -0.39 is 9.84 Å². The van der Waals surface area contributed by atoms with Crippen LogP contribution in [0.15, 0.2) is 48.5 Å². The van der Waals surface area contributed by atoms with Gasteiger partial charge in [0.1, 0.15) is 11.5 Å². The lowest BCUT2D eigenvalue weighted by Gasteiger charge is -2.23. The number of hydrogen-bond acceptors (Lipinski definition) is 5. The Balaban J connectivity index is 1.53. The van der Waals surface area contributed by atoms with Gasteiger partial charge in [-0.2, -0.15) is 0 Å². The molecule has 2 aromatic rings. The molecule has 2 aliphatic rings. The van der Waals surface area contributed by atoms with Crippen LogP contribution in [0.2, 0.25) is 0 Å². The molecule has 4 rings (SSSR count). The highest BCUT2D eigenvalue weighted by Crippen LogP contribution is 2.31. The van der Waals surface area contributed by atoms with Gasteiger partial charge in [0.05, 0.1) is 23.6 Å². The van der Waals surface area contributed by atoms with E-state index >= 15 is 0 Å². The van der Waals surface area contributed by atoms with Gasteiger partial charge in [-0.3, -0.25) is 0 Å². The fourth-order valence-corrected chi connectivity index (χ4v) is 5.54. The van der Waals surface area contributed by atoms with Crippen molar-refractivity contribution >= 4 is 38.5 Å². The van der Waals surface area contributed by atoms with E-state index in [1.807, 2.05) is 29.2 Å². The van der Waals surface area contributed by atoms with Crippen molar-refractivity contribution in [3.8, 4) is 11.5 Å². The fourth-order valence-electron chi connectivity index (χ4n) is 3.26. The molecule has 2 aliphatic heterocycles. The van der Waals surface area contributed by atoms with Crippen molar-refractivity contribution in [2.45, 2.75) is 12.1 Å². The zero-order chi connectivity index (χ0) is 17.6. The summed E-state index contributed by atoms with van der Waals surface area (Å²) in [6.07, 6.45) is 0. The average Bonchev–Trinajstić information content (AvgIpc) is 3.00. The Morgan fingerprint density at radius 1 is 1.04 bits per heavy atom. The molecule has 6 nitrogen and oxygen atoms in total. The van der Waals surface area contributed by atoms with E-state index in [0.29, 0.717) is 22.3 Å². The predicted octanol–water partition coefficient (Wildman–Crippen LogP) is 1.92. The van der Waals surface area contributed by atoms with Crippen molar-refractivity contribution in [2.24, 2.45) is 0 Å². The number of sulfone groups is 1. The molecule has 2 atom stereocenters. The van der Waals surface area contributed by atoms with Crippen LogP contribution in [0, 0.1) is 0 Å². The van der Waals surface area contributed by atoms with Gasteiger partial charge in [-0.15, -0.1) is 0 Å². The van der Waals surface area contributed by atoms with E-state index in [1.165, 1.54) is 0 Å². The number of ether oxygens (including phenoxy) is 1. The van der Waals surface area contributed by atoms with Crippen LogP contribution in [-0.4, -0.2) is 37.1 Å². The summed E-state index contributed by atoms with van der Waals surface area (Å²) in [5.41, 5.74) is 7.20. The van der Waals surface area contributed by atoms with Crippen molar-refractivity contribution < 1.29 is 13.2 Å². The molecule has 8 heteroatoms. The van der Waals surface area contributed by atoms with Crippen molar-refractivity contribution in [1.82, 2.24) is 5.32 Å². The first-order chi connectivity index (χ1) is 11.9. The summed E-state index contributed by atoms with van der Waals surface area (Å²) in [6.45, 7) is 0. The van der Waals surface area contributed by atoms with Crippen LogP contribution in [-0.2, 0) is 9.84 Å². The zero-order valence-corrected chi connectivity index (χ0v) is 14.9. The van der Waals surface area contributed by atoms with Gasteiger partial charge in [0.2, 0.25) is 0 Å². The number of nitrogens with one attached hydrogen (secondary N) is 1. The van der Waals surface area contributed by atoms with Gasteiger partial charge in [0.25, 0.3) is 0 Å². The SMILES string of the molecule is Nc1ccc(Oc2ccc(N3C(=S)N[C@@H]4CS(=O)(=O)C[C@H]43)cc2)cc1. The third-order valence-electron chi connectivity index (χ3n) is 4.41. The zero-order valence-electron chi connectivity index (χ0n) is 13.3. The van der Waals surface area contributed by atoms with E-state index in [0.717, 1.165) is 5.69 Å². The van der Waals surface area contributed by atoms with Gasteiger partial charge in [-0.25, -0.2) is 8.42 Å². The Labute approximate surface area is 151 Å². The minimum absolute atomic E-state index is 0.120. The second kappa shape index (κ2) is 5.89. The normalized spacial score (nSPS) is 24.0. The molecule has 0 aromatic heterocycles. The molecule has 0 unspecified atom stereocenters. The smallest absolute Gasteiger partial charge is 0.174 e. The number of fused-ring (bicyclic) bond motifs is 1. The van der Waals surface area contributed by atoms with Crippen molar-refractivity contribution in [2.75, 3.05) is 22.1 Å². The molecule has 0 amide bonds. The number of hydrogen-bond donors (Lipinski definition) is 2. The van der Waals surface area contributed by atoms with Crippen molar-refractivity contribution in [3.63, 3.8) is 0 Å². The van der Waals surface area contributed by atoms with E-state index in [9.17, 15) is 8.42 Å². The number of rotatable bonds is 3. The van der Waals surface area contributed by atoms with Crippen LogP contribution >= 0.6 is 12.2 Å². The summed E-state index contributed by atoms with van der Waals surface area (Å²) in [6, 6.07) is 14.3. The van der Waals surface area contributed by atoms with Gasteiger partial charge in [0, 0.05) is 11.4 Å². The summed E-state index contributed by atoms with van der Waals surface area (Å²) >= 11 is 5.38. The summed E-state index contributed by atoms with van der Waals surface area (Å²) in [7, 11) is -3.02. The number of nitrogens with two attached hydrogens (primary N) is 1. The highest BCUT2D eigenvalue weighted by molar-refractivity contribution is 7.91. The maximum Gasteiger partial charge on any atom is 0.174 e. The third-order valence-corrected chi connectivity index (χ3v) is 6.44. The van der Waals surface area contributed by atoms with Crippen LogP contribution in [0.1, 0.15) is 0 Å². The Morgan fingerprint density at radius 2 is 1.64 bits per heavy atom. The molecule has 0 bridgehead atoms. The first-order valence-electron chi connectivity index (χ1n) is 7.85. The van der Waals surface area contributed by atoms with E-state index in [4.69, 9.17) is 22.7 Å². The van der Waals surface area contributed by atoms with E-state index in [-0.39, 0.29) is 23.6 Å². The fraction of sp³-hybridized carbons (Fsp3) is 0.235. The number of nitrogens with zero attached hydrogens (tertiary/aromatic N) is 1. The van der Waals surface area contributed by atoms with Crippen molar-refractivity contribution in [1.29, 1.82) is 0 Å². The van der Waals surface area contributed by atoms with E-state index in [2.05, 4.69) is 5.32 Å². The minimum Gasteiger partial charge on any atom is -0.457 e. The van der Waals surface area contributed by atoms with Gasteiger partial charge in [-0.05, 0) is 60.7 Å². The van der Waals surface area contributed by atoms with Crippen LogP contribution in [0.25, 0.3) is 0 Å². The number of nitrogen functional groups attached to an aromatic ring is 1. The lowest BCUT2D eigenvalue weighted by atomic mass is 10.1. The topological polar surface area (TPSA) is 84.7 Å². The van der Waals surface area contributed by atoms with Gasteiger partial charge < -0.3 is 20.7 Å². The summed E-state index contributed by atoms with van der Waals surface area (Å²) in [5, 5.41) is 3.68. The second-order valence-electron chi connectivity index (χ2n) is 6.24. The van der Waals surface area contributed by atoms with Crippen LogP contribution < -0.4 is 20.7 Å². The van der Waals surface area contributed by atoms with Crippen LogP contribution in [0.4, 0.5) is 11.4 Å². The lowest BCUT2D eigenvalue weighted by molar-refractivity contribution is 0.483. The molecule has 0 saturated carbocycles. The van der Waals surface area contributed by atoms with Gasteiger partial charge >= 0.3 is 0 Å². The monoisotopic (exact) mass is 375 g/mol. The van der Waals surface area contributed by atoms with E-state index in [1.54, 1.807) is 24.3 Å². The molecular formula is C17H17N3O3S2. The number of thiocarbonyl (C=S) groups is 1. The lowest BCUT2D eigenvalue weighted by Crippen LogP contribution is -2.36. The summed E-state index contributed by atoms with van der Waals surface area (Å²) in [5.74, 6) is 1.63. The maximum atomic E-state index is 11.9. The molecule has 2 heterocycles. The van der Waals surface area contributed by atoms with Crippen molar-refractivity contribution in [3.05, 3.63) is 48.5 Å². The molecule has 25 heavy (non-hydrogen) atoms. The Hall–Kier alpha value is -2.32. The molecule has 130 valence electrons. The Kier molecular flexibility index (Phi) is 3.81. The van der Waals surface area contributed by atoms with Gasteiger partial charge in [-0.1, -0.05) is 0 Å². The molecule has 3 N–H and O–H groups in total. The quantitative estimate of drug-likeness (QED) is 0.626. The molecule has 2 fully saturated rings. The molecule has 2 aromatic carbocycles. The largest absolute Gasteiger partial charge is 0.457 e. The third kappa shape index (κ3) is 3.14. The molecule has 0 spiro atoms. The maximum absolute atomic E-state index is 11.9. The predicted molar refractivity (Wildman–Crippen MR) is 102 cm³/mol. The van der Waals surface area contributed by atoms with Gasteiger partial charge in [0.15, 0.2) is 14.9 Å². The molecular weight excluding hydrogens is 358 g/mol. The number of anilines is 2. The minimum atomic E-state index is -3.02. The molecule has 0 aliphatic carbocycles. The summed E-state index contributed by atoms with van der Waals surface area (Å²) in [4.78, 5) is 1.89. The first kappa shape index (κ1) is 16.2. The standard InChI is InChI=1S/C17H17N3O3S2/c18-11-1-5-13(6-2-11)23-14-7-3-12(4-8-14)20-16-10-25(21,22)9-15(16)19-17(20)24/h1-8,15-16H,9-10,18H2,(H,19,24)/t15-,16-/m1/s1. The Bertz CT molecular complexity index is 911. The molecule has 0 radical (unpaired) electrons. The first-order valence-corrected chi connectivity index (χ1v) is 10.1. The summed E-state index contributed by atoms with van der Waals surface area (Å²) < 4.78 is 29.5. The molecule has 2 saturated heterocycles. The Morgan fingerprint density at radius 3 is 2.28 bits per heavy atom. The number of benzene rings is 2. The average molecular weight is 375 g/mol. The van der Waals surface area contributed by atoms with Crippen LogP contribution in [0.3, 0.4) is 0 Å². The highest BCUT2D eigenvalue weighted by Gasteiger charge is 2.47. The highest BCUT2D eigenvalue weighted by atomic mass is 32.2. The van der Waals surface area contributed by atoms with Crippen LogP contribution in [0.5, 0.6) is 11.5 Å².